The van der Waals surface area contributed by atoms with Crippen molar-refractivity contribution in [3.8, 4) is 11.5 Å². The molecule has 2 aromatic heterocycles. The van der Waals surface area contributed by atoms with Crippen molar-refractivity contribution in [1.82, 2.24) is 19.1 Å². The van der Waals surface area contributed by atoms with Crippen LogP contribution in [0.4, 0.5) is 5.69 Å². The monoisotopic (exact) mass is 479 g/mol. The van der Waals surface area contributed by atoms with E-state index in [1.807, 2.05) is 12.1 Å². The minimum Gasteiger partial charge on any atom is -0.456 e. The topological polar surface area (TPSA) is 114 Å². The molecule has 2 aromatic carbocycles. The van der Waals surface area contributed by atoms with Crippen LogP contribution in [0.15, 0.2) is 81.6 Å². The molecule has 4 rings (SSSR count). The molecule has 0 radical (unpaired) electrons. The number of nitrogens with zero attached hydrogens (tertiary/aromatic N) is 4. The number of hydrogen-bond donors (Lipinski definition) is 2. The van der Waals surface area contributed by atoms with E-state index < -0.39 is 11.4 Å². The number of benzene rings is 2. The molecule has 0 fully saturated rings. The minimum absolute atomic E-state index is 0.128. The van der Waals surface area contributed by atoms with Crippen LogP contribution in [0.5, 0.6) is 11.5 Å². The Labute approximate surface area is 199 Å². The molecule has 0 unspecified atom stereocenters. The van der Waals surface area contributed by atoms with Gasteiger partial charge >= 0.3 is 11.4 Å². The van der Waals surface area contributed by atoms with E-state index in [2.05, 4.69) is 15.0 Å². The third-order valence-electron chi connectivity index (χ3n) is 5.01. The second-order valence-corrected chi connectivity index (χ2v) is 7.82. The number of aliphatic hydroxyl groups excluding tert-OH is 1. The lowest BCUT2D eigenvalue weighted by Gasteiger charge is -2.10. The Morgan fingerprint density at radius 3 is 2.41 bits per heavy atom. The van der Waals surface area contributed by atoms with Crippen LogP contribution >= 0.6 is 11.6 Å². The maximum Gasteiger partial charge on any atom is 0.335 e. The van der Waals surface area contributed by atoms with Crippen LogP contribution in [0.1, 0.15) is 18.1 Å². The van der Waals surface area contributed by atoms with Gasteiger partial charge in [-0.15, -0.1) is 0 Å². The SMILES string of the molecule is CCn1c(=O)[nH]/c(=N\c2ccc(Oc3cncc(CO)c3)cc2)n(Cc2ccc(Cl)cc2)c1=O. The zero-order chi connectivity index (χ0) is 24.1. The summed E-state index contributed by atoms with van der Waals surface area (Å²) < 4.78 is 8.28. The number of pyridine rings is 1. The molecule has 4 aromatic rings. The summed E-state index contributed by atoms with van der Waals surface area (Å²) >= 11 is 5.97. The molecule has 0 spiro atoms. The van der Waals surface area contributed by atoms with Gasteiger partial charge in [-0.2, -0.15) is 0 Å². The standard InChI is InChI=1S/C24H22ClN5O4/c1-2-29-23(32)28-22(30(24(29)33)14-16-3-5-18(25)6-4-16)27-19-7-9-20(10-8-19)34-21-11-17(15-31)12-26-13-21/h3-13,31H,2,14-15H2,1H3,(H,27,28,32). The molecule has 9 nitrogen and oxygen atoms in total. The Kier molecular flexibility index (Phi) is 7.05. The molecule has 0 saturated carbocycles. The zero-order valence-corrected chi connectivity index (χ0v) is 19.1. The van der Waals surface area contributed by atoms with Crippen molar-refractivity contribution < 1.29 is 9.84 Å². The molecule has 2 heterocycles. The number of ether oxygens (including phenoxy) is 1. The summed E-state index contributed by atoms with van der Waals surface area (Å²) in [7, 11) is 0. The first-order chi connectivity index (χ1) is 16.5. The second kappa shape index (κ2) is 10.3. The molecular weight excluding hydrogens is 458 g/mol. The van der Waals surface area contributed by atoms with Gasteiger partial charge in [-0.3, -0.25) is 14.5 Å². The van der Waals surface area contributed by atoms with Gasteiger partial charge in [-0.1, -0.05) is 23.7 Å². The average molecular weight is 480 g/mol. The van der Waals surface area contributed by atoms with E-state index in [9.17, 15) is 14.7 Å². The van der Waals surface area contributed by atoms with Crippen molar-refractivity contribution in [3.63, 3.8) is 0 Å². The highest BCUT2D eigenvalue weighted by Crippen LogP contribution is 2.24. The van der Waals surface area contributed by atoms with Gasteiger partial charge in [0.2, 0.25) is 5.62 Å². The van der Waals surface area contributed by atoms with Gasteiger partial charge in [0.1, 0.15) is 11.5 Å². The molecular formula is C24H22ClN5O4. The number of H-pyrrole nitrogens is 1. The van der Waals surface area contributed by atoms with E-state index in [0.717, 1.165) is 10.1 Å². The molecule has 0 aliphatic carbocycles. The van der Waals surface area contributed by atoms with Crippen LogP contribution in [0, 0.1) is 0 Å². The first kappa shape index (κ1) is 23.2. The summed E-state index contributed by atoms with van der Waals surface area (Å²) in [5.74, 6) is 1.03. The lowest BCUT2D eigenvalue weighted by molar-refractivity contribution is 0.280. The maximum atomic E-state index is 13.0. The van der Waals surface area contributed by atoms with Gasteiger partial charge in [0.15, 0.2) is 0 Å². The van der Waals surface area contributed by atoms with E-state index in [-0.39, 0.29) is 25.3 Å². The number of nitrogens with one attached hydrogen (secondary N) is 1. The van der Waals surface area contributed by atoms with Gasteiger partial charge in [-0.05, 0) is 60.5 Å². The maximum absolute atomic E-state index is 13.0. The Morgan fingerprint density at radius 1 is 1.00 bits per heavy atom. The second-order valence-electron chi connectivity index (χ2n) is 7.39. The molecule has 0 aliphatic rings. The van der Waals surface area contributed by atoms with Crippen LogP contribution in [-0.2, 0) is 19.7 Å². The summed E-state index contributed by atoms with van der Waals surface area (Å²) in [6.07, 6.45) is 3.10. The summed E-state index contributed by atoms with van der Waals surface area (Å²) in [5, 5.41) is 9.83. The third kappa shape index (κ3) is 5.33. The summed E-state index contributed by atoms with van der Waals surface area (Å²) in [4.78, 5) is 36.6. The average Bonchev–Trinajstić information content (AvgIpc) is 2.84. The van der Waals surface area contributed by atoms with Gasteiger partial charge in [-0.25, -0.2) is 19.1 Å². The summed E-state index contributed by atoms with van der Waals surface area (Å²) in [5.41, 5.74) is 1.12. The van der Waals surface area contributed by atoms with Crippen molar-refractivity contribution in [2.75, 3.05) is 0 Å². The minimum atomic E-state index is -0.533. The molecule has 34 heavy (non-hydrogen) atoms. The molecule has 2 N–H and O–H groups in total. The number of aromatic amines is 1. The van der Waals surface area contributed by atoms with E-state index in [1.54, 1.807) is 61.8 Å². The Hall–Kier alpha value is -3.95. The van der Waals surface area contributed by atoms with Crippen LogP contribution in [0.2, 0.25) is 5.02 Å². The first-order valence-corrected chi connectivity index (χ1v) is 10.9. The molecule has 174 valence electrons. The van der Waals surface area contributed by atoms with Crippen molar-refractivity contribution in [2.45, 2.75) is 26.6 Å². The van der Waals surface area contributed by atoms with Crippen LogP contribution in [0.3, 0.4) is 0 Å². The largest absolute Gasteiger partial charge is 0.456 e. The van der Waals surface area contributed by atoms with E-state index in [4.69, 9.17) is 16.3 Å². The smallest absolute Gasteiger partial charge is 0.335 e. The normalized spacial score (nSPS) is 11.6. The van der Waals surface area contributed by atoms with E-state index in [0.29, 0.717) is 27.8 Å². The molecule has 10 heteroatoms. The number of aliphatic hydroxyl groups is 1. The Balaban J connectivity index is 1.69. The van der Waals surface area contributed by atoms with Gasteiger partial charge < -0.3 is 9.84 Å². The molecule has 0 saturated heterocycles. The highest BCUT2D eigenvalue weighted by atomic mass is 35.5. The predicted molar refractivity (Wildman–Crippen MR) is 127 cm³/mol. The lowest BCUT2D eigenvalue weighted by atomic mass is 10.2. The van der Waals surface area contributed by atoms with Crippen molar-refractivity contribution in [2.24, 2.45) is 4.99 Å². The van der Waals surface area contributed by atoms with Crippen molar-refractivity contribution in [1.29, 1.82) is 0 Å². The predicted octanol–water partition coefficient (Wildman–Crippen LogP) is 2.97. The molecule has 0 amide bonds. The van der Waals surface area contributed by atoms with Gasteiger partial charge in [0.05, 0.1) is 25.0 Å². The van der Waals surface area contributed by atoms with Crippen molar-refractivity contribution in [3.05, 3.63) is 110 Å². The third-order valence-corrected chi connectivity index (χ3v) is 5.26. The number of hydrogen-bond acceptors (Lipinski definition) is 6. The fourth-order valence-electron chi connectivity index (χ4n) is 3.29. The van der Waals surface area contributed by atoms with Crippen molar-refractivity contribution >= 4 is 17.3 Å². The van der Waals surface area contributed by atoms with Gasteiger partial charge in [0, 0.05) is 17.8 Å². The molecule has 0 aliphatic heterocycles. The Morgan fingerprint density at radius 2 is 1.74 bits per heavy atom. The molecule has 0 atom stereocenters. The van der Waals surface area contributed by atoms with E-state index >= 15 is 0 Å². The fraction of sp³-hybridized carbons (Fsp3) is 0.167. The van der Waals surface area contributed by atoms with Crippen LogP contribution < -0.4 is 21.7 Å². The Bertz CT molecular complexity index is 1470. The fourth-order valence-corrected chi connectivity index (χ4v) is 3.41. The zero-order valence-electron chi connectivity index (χ0n) is 18.3. The summed E-state index contributed by atoms with van der Waals surface area (Å²) in [6.45, 7) is 2.03. The lowest BCUT2D eigenvalue weighted by Crippen LogP contribution is -2.49. The quantitative estimate of drug-likeness (QED) is 0.423. The highest BCUT2D eigenvalue weighted by Gasteiger charge is 2.09. The van der Waals surface area contributed by atoms with Crippen LogP contribution in [-0.4, -0.2) is 24.2 Å². The van der Waals surface area contributed by atoms with Crippen LogP contribution in [0.25, 0.3) is 0 Å². The number of halogens is 1. The summed E-state index contributed by atoms with van der Waals surface area (Å²) in [6, 6.07) is 15.6. The first-order valence-electron chi connectivity index (χ1n) is 10.5. The highest BCUT2D eigenvalue weighted by molar-refractivity contribution is 6.30. The molecule has 0 bridgehead atoms. The van der Waals surface area contributed by atoms with Gasteiger partial charge in [0.25, 0.3) is 0 Å². The number of aromatic nitrogens is 4. The number of rotatable bonds is 7. The van der Waals surface area contributed by atoms with E-state index in [1.165, 1.54) is 4.57 Å².